The first kappa shape index (κ1) is 20.9. The number of benzene rings is 2. The highest BCUT2D eigenvalue weighted by Gasteiger charge is 2.11. The number of hydrogen-bond acceptors (Lipinski definition) is 3. The molecule has 3 rings (SSSR count). The normalized spacial score (nSPS) is 11.1. The van der Waals surface area contributed by atoms with Crippen LogP contribution in [0.15, 0.2) is 58.1 Å². The summed E-state index contributed by atoms with van der Waals surface area (Å²) >= 11 is 3.61. The smallest absolute Gasteiger partial charge is 0.259 e. The second kappa shape index (κ2) is 9.09. The lowest BCUT2D eigenvalue weighted by Gasteiger charge is -2.11. The van der Waals surface area contributed by atoms with Crippen LogP contribution in [0, 0.1) is 27.7 Å². The van der Waals surface area contributed by atoms with Gasteiger partial charge in [-0.1, -0.05) is 18.2 Å². The minimum Gasteiger partial charge on any atom is -0.376 e. The van der Waals surface area contributed by atoms with E-state index < -0.39 is 0 Å². The lowest BCUT2D eigenvalue weighted by atomic mass is 10.1. The van der Waals surface area contributed by atoms with Crippen molar-refractivity contribution in [3.8, 4) is 5.69 Å². The number of hydrazone groups is 1. The molecular formula is C23H25BrN4O. The number of aromatic nitrogens is 1. The molecule has 6 heteroatoms. The topological polar surface area (TPSA) is 58.4 Å². The number of halogens is 1. The molecule has 0 bridgehead atoms. The molecule has 0 saturated heterocycles. The highest BCUT2D eigenvalue weighted by Crippen LogP contribution is 2.26. The molecule has 5 nitrogen and oxygen atoms in total. The van der Waals surface area contributed by atoms with Crippen LogP contribution in [0.2, 0.25) is 0 Å². The molecule has 1 amide bonds. The second-order valence-corrected chi connectivity index (χ2v) is 7.91. The van der Waals surface area contributed by atoms with Gasteiger partial charge in [0.25, 0.3) is 5.91 Å². The van der Waals surface area contributed by atoms with Gasteiger partial charge in [-0.15, -0.1) is 0 Å². The van der Waals surface area contributed by atoms with Crippen molar-refractivity contribution in [3.63, 3.8) is 0 Å². The molecular weight excluding hydrogens is 428 g/mol. The predicted octanol–water partition coefficient (Wildman–Crippen LogP) is 5.04. The van der Waals surface area contributed by atoms with Crippen LogP contribution < -0.4 is 10.7 Å². The zero-order valence-electron chi connectivity index (χ0n) is 17.1. The van der Waals surface area contributed by atoms with Crippen molar-refractivity contribution in [3.05, 3.63) is 81.1 Å². The van der Waals surface area contributed by atoms with Gasteiger partial charge in [-0.25, -0.2) is 5.43 Å². The summed E-state index contributed by atoms with van der Waals surface area (Å²) in [4.78, 5) is 12.1. The van der Waals surface area contributed by atoms with E-state index in [4.69, 9.17) is 0 Å². The van der Waals surface area contributed by atoms with Crippen molar-refractivity contribution in [2.45, 2.75) is 27.7 Å². The van der Waals surface area contributed by atoms with E-state index in [2.05, 4.69) is 69.2 Å². The molecule has 0 atom stereocenters. The van der Waals surface area contributed by atoms with Crippen molar-refractivity contribution >= 4 is 33.7 Å². The molecule has 0 aliphatic heterocycles. The van der Waals surface area contributed by atoms with Crippen molar-refractivity contribution in [2.75, 3.05) is 11.9 Å². The minimum atomic E-state index is -0.195. The molecule has 1 aromatic heterocycles. The van der Waals surface area contributed by atoms with Gasteiger partial charge in [0.05, 0.1) is 18.4 Å². The number of hydrogen-bond donors (Lipinski definition) is 2. The van der Waals surface area contributed by atoms with Crippen LogP contribution in [0.4, 0.5) is 5.69 Å². The Morgan fingerprint density at radius 1 is 1.07 bits per heavy atom. The van der Waals surface area contributed by atoms with Gasteiger partial charge in [0.15, 0.2) is 0 Å². The standard InChI is InChI=1S/C23H25BrN4O/c1-15-9-10-20(11-16(15)2)25-14-23(29)27-26-13-19-12-17(3)28(18(19)4)22-8-6-5-7-21(22)24/h5-13,25H,14H2,1-4H3,(H,27,29)/b26-13-. The molecule has 3 aromatic rings. The summed E-state index contributed by atoms with van der Waals surface area (Å²) in [6, 6.07) is 16.2. The summed E-state index contributed by atoms with van der Waals surface area (Å²) in [5.41, 5.74) is 10.1. The molecule has 0 unspecified atom stereocenters. The minimum absolute atomic E-state index is 0.163. The van der Waals surface area contributed by atoms with Gasteiger partial charge < -0.3 is 9.88 Å². The van der Waals surface area contributed by atoms with Crippen molar-refractivity contribution in [1.82, 2.24) is 9.99 Å². The van der Waals surface area contributed by atoms with Crippen LogP contribution in [0.3, 0.4) is 0 Å². The zero-order valence-corrected chi connectivity index (χ0v) is 18.7. The molecule has 150 valence electrons. The van der Waals surface area contributed by atoms with Gasteiger partial charge in [-0.3, -0.25) is 4.79 Å². The highest BCUT2D eigenvalue weighted by molar-refractivity contribution is 9.10. The number of aryl methyl sites for hydroxylation is 3. The fraction of sp³-hybridized carbons (Fsp3) is 0.217. The number of nitrogens with zero attached hydrogens (tertiary/aromatic N) is 2. The Kier molecular flexibility index (Phi) is 6.54. The monoisotopic (exact) mass is 452 g/mol. The molecule has 1 heterocycles. The molecule has 0 spiro atoms. The SMILES string of the molecule is Cc1ccc(NCC(=O)N/N=C\c2cc(C)n(-c3ccccc3Br)c2C)cc1C. The lowest BCUT2D eigenvalue weighted by molar-refractivity contribution is -0.119. The number of para-hydroxylation sites is 1. The number of carbonyl (C=O) groups is 1. The summed E-state index contributed by atoms with van der Waals surface area (Å²) in [7, 11) is 0. The summed E-state index contributed by atoms with van der Waals surface area (Å²) in [5.74, 6) is -0.195. The van der Waals surface area contributed by atoms with Crippen molar-refractivity contribution in [1.29, 1.82) is 0 Å². The Balaban J connectivity index is 1.63. The third kappa shape index (κ3) is 4.95. The van der Waals surface area contributed by atoms with Crippen molar-refractivity contribution < 1.29 is 4.79 Å². The fourth-order valence-electron chi connectivity index (χ4n) is 3.17. The fourth-order valence-corrected chi connectivity index (χ4v) is 3.63. The van der Waals surface area contributed by atoms with Crippen LogP contribution in [-0.2, 0) is 4.79 Å². The Bertz CT molecular complexity index is 1070. The van der Waals surface area contributed by atoms with E-state index in [0.717, 1.165) is 32.8 Å². The maximum absolute atomic E-state index is 12.1. The quantitative estimate of drug-likeness (QED) is 0.406. The maximum Gasteiger partial charge on any atom is 0.259 e. The second-order valence-electron chi connectivity index (χ2n) is 7.06. The first-order valence-corrected chi connectivity index (χ1v) is 10.2. The van der Waals surface area contributed by atoms with E-state index in [1.165, 1.54) is 11.1 Å². The molecule has 0 aliphatic rings. The highest BCUT2D eigenvalue weighted by atomic mass is 79.9. The summed E-state index contributed by atoms with van der Waals surface area (Å²) in [6.45, 7) is 8.37. The first-order valence-electron chi connectivity index (χ1n) is 9.43. The Labute approximate surface area is 180 Å². The largest absolute Gasteiger partial charge is 0.376 e. The van der Waals surface area contributed by atoms with Gasteiger partial charge in [-0.2, -0.15) is 5.10 Å². The first-order chi connectivity index (χ1) is 13.9. The van der Waals surface area contributed by atoms with Crippen LogP contribution >= 0.6 is 15.9 Å². The lowest BCUT2D eigenvalue weighted by Crippen LogP contribution is -2.25. The van der Waals surface area contributed by atoms with E-state index in [1.54, 1.807) is 6.21 Å². The van der Waals surface area contributed by atoms with Gasteiger partial charge in [0, 0.05) is 27.1 Å². The van der Waals surface area contributed by atoms with Crippen LogP contribution in [0.5, 0.6) is 0 Å². The average molecular weight is 453 g/mol. The summed E-state index contributed by atoms with van der Waals surface area (Å²) in [6.07, 6.45) is 1.68. The predicted molar refractivity (Wildman–Crippen MR) is 123 cm³/mol. The number of carbonyl (C=O) groups excluding carboxylic acids is 1. The van der Waals surface area contributed by atoms with Gasteiger partial charge in [-0.05, 0) is 85.1 Å². The molecule has 29 heavy (non-hydrogen) atoms. The third-order valence-corrected chi connectivity index (χ3v) is 5.59. The molecule has 0 fully saturated rings. The maximum atomic E-state index is 12.1. The van der Waals surface area contributed by atoms with Crippen LogP contribution in [0.1, 0.15) is 28.1 Å². The molecule has 0 saturated carbocycles. The molecule has 2 aromatic carbocycles. The zero-order chi connectivity index (χ0) is 21.0. The Morgan fingerprint density at radius 3 is 2.55 bits per heavy atom. The summed E-state index contributed by atoms with van der Waals surface area (Å²) < 4.78 is 3.19. The Morgan fingerprint density at radius 2 is 1.83 bits per heavy atom. The van der Waals surface area contributed by atoms with E-state index in [9.17, 15) is 4.79 Å². The summed E-state index contributed by atoms with van der Waals surface area (Å²) in [5, 5.41) is 7.25. The van der Waals surface area contributed by atoms with Crippen molar-refractivity contribution in [2.24, 2.45) is 5.10 Å². The van der Waals surface area contributed by atoms with E-state index in [-0.39, 0.29) is 12.5 Å². The molecule has 2 N–H and O–H groups in total. The van der Waals surface area contributed by atoms with Gasteiger partial charge in [0.1, 0.15) is 0 Å². The number of rotatable bonds is 6. The number of amides is 1. The van der Waals surface area contributed by atoms with Crippen LogP contribution in [0.25, 0.3) is 5.69 Å². The average Bonchev–Trinajstić information content (AvgIpc) is 2.97. The van der Waals surface area contributed by atoms with E-state index >= 15 is 0 Å². The number of anilines is 1. The van der Waals surface area contributed by atoms with Gasteiger partial charge >= 0.3 is 0 Å². The Hall–Kier alpha value is -2.86. The molecule has 0 aliphatic carbocycles. The van der Waals surface area contributed by atoms with E-state index in [1.807, 2.05) is 43.3 Å². The number of nitrogens with one attached hydrogen (secondary N) is 2. The van der Waals surface area contributed by atoms with Crippen LogP contribution in [-0.4, -0.2) is 23.2 Å². The van der Waals surface area contributed by atoms with Gasteiger partial charge in [0.2, 0.25) is 0 Å². The van der Waals surface area contributed by atoms with E-state index in [0.29, 0.717) is 0 Å². The third-order valence-electron chi connectivity index (χ3n) is 4.92. The molecule has 0 radical (unpaired) electrons.